The van der Waals surface area contributed by atoms with Crippen LogP contribution in [0.4, 0.5) is 0 Å². The van der Waals surface area contributed by atoms with Crippen molar-refractivity contribution in [3.8, 4) is 11.5 Å². The van der Waals surface area contributed by atoms with E-state index in [1.54, 1.807) is 25.1 Å². The van der Waals surface area contributed by atoms with E-state index in [2.05, 4.69) is 10.2 Å². The van der Waals surface area contributed by atoms with Gasteiger partial charge in [0.2, 0.25) is 11.8 Å². The highest BCUT2D eigenvalue weighted by Gasteiger charge is 2.07. The molecule has 1 heterocycles. The van der Waals surface area contributed by atoms with Crippen molar-refractivity contribution in [3.63, 3.8) is 0 Å². The molecule has 0 saturated carbocycles. The van der Waals surface area contributed by atoms with Crippen LogP contribution in [0.3, 0.4) is 0 Å². The Labute approximate surface area is 86.9 Å². The number of ketones is 1. The lowest BCUT2D eigenvalue weighted by Crippen LogP contribution is -1.91. The van der Waals surface area contributed by atoms with Crippen LogP contribution in [-0.4, -0.2) is 16.0 Å². The molecule has 0 spiro atoms. The second kappa shape index (κ2) is 3.65. The molecular weight excluding hydrogens is 192 g/mol. The Morgan fingerprint density at radius 1 is 1.33 bits per heavy atom. The molecule has 0 unspecified atom stereocenters. The first kappa shape index (κ1) is 9.58. The maximum absolute atomic E-state index is 11.2. The van der Waals surface area contributed by atoms with Gasteiger partial charge in [-0.25, -0.2) is 0 Å². The lowest BCUT2D eigenvalue weighted by atomic mass is 10.1. The number of hydrogen-bond donors (Lipinski definition) is 0. The predicted octanol–water partition coefficient (Wildman–Crippen LogP) is 2.25. The minimum absolute atomic E-state index is 0.0214. The zero-order valence-corrected chi connectivity index (χ0v) is 8.52. The first-order valence-corrected chi connectivity index (χ1v) is 4.58. The highest BCUT2D eigenvalue weighted by Crippen LogP contribution is 2.18. The van der Waals surface area contributed by atoms with Crippen molar-refractivity contribution in [2.45, 2.75) is 13.8 Å². The van der Waals surface area contributed by atoms with E-state index in [0.29, 0.717) is 17.3 Å². The molecule has 4 heteroatoms. The average Bonchev–Trinajstić information content (AvgIpc) is 2.65. The molecule has 2 aromatic rings. The fraction of sp³-hybridized carbons (Fsp3) is 0.182. The molecule has 0 bridgehead atoms. The molecule has 0 radical (unpaired) electrons. The van der Waals surface area contributed by atoms with E-state index >= 15 is 0 Å². The number of carbonyl (C=O) groups is 1. The summed E-state index contributed by atoms with van der Waals surface area (Å²) in [5.74, 6) is 0.974. The number of hydrogen-bond acceptors (Lipinski definition) is 4. The third-order valence-electron chi connectivity index (χ3n) is 2.04. The summed E-state index contributed by atoms with van der Waals surface area (Å²) in [6.07, 6.45) is 0. The molecule has 0 N–H and O–H groups in total. The van der Waals surface area contributed by atoms with Gasteiger partial charge in [0.05, 0.1) is 0 Å². The van der Waals surface area contributed by atoms with Gasteiger partial charge in [0.1, 0.15) is 0 Å². The van der Waals surface area contributed by atoms with Gasteiger partial charge in [-0.2, -0.15) is 0 Å². The second-order valence-electron chi connectivity index (χ2n) is 3.26. The van der Waals surface area contributed by atoms with Gasteiger partial charge in [-0.15, -0.1) is 10.2 Å². The van der Waals surface area contributed by atoms with Gasteiger partial charge in [-0.05, 0) is 19.1 Å². The number of carbonyl (C=O) groups excluding carboxylic acids is 1. The summed E-state index contributed by atoms with van der Waals surface area (Å²) >= 11 is 0. The Bertz CT molecular complexity index is 503. The molecule has 4 nitrogen and oxygen atoms in total. The normalized spacial score (nSPS) is 10.3. The van der Waals surface area contributed by atoms with Crippen molar-refractivity contribution in [2.24, 2.45) is 0 Å². The molecule has 0 aliphatic heterocycles. The molecule has 0 saturated heterocycles. The zero-order valence-electron chi connectivity index (χ0n) is 8.52. The number of benzene rings is 1. The van der Waals surface area contributed by atoms with E-state index in [1.807, 2.05) is 6.07 Å². The van der Waals surface area contributed by atoms with Gasteiger partial charge in [0.15, 0.2) is 5.78 Å². The van der Waals surface area contributed by atoms with Gasteiger partial charge in [-0.3, -0.25) is 4.79 Å². The number of Topliss-reactive ketones (excluding diaryl/α,β-unsaturated/α-hetero) is 1. The highest BCUT2D eigenvalue weighted by molar-refractivity contribution is 5.95. The van der Waals surface area contributed by atoms with Crippen molar-refractivity contribution in [1.29, 1.82) is 0 Å². The SMILES string of the molecule is CC(=O)c1cccc(-c2nnc(C)o2)c1. The van der Waals surface area contributed by atoms with Crippen molar-refractivity contribution in [2.75, 3.05) is 0 Å². The fourth-order valence-corrected chi connectivity index (χ4v) is 1.28. The zero-order chi connectivity index (χ0) is 10.8. The largest absolute Gasteiger partial charge is 0.421 e. The van der Waals surface area contributed by atoms with E-state index in [4.69, 9.17) is 4.42 Å². The first-order valence-electron chi connectivity index (χ1n) is 4.58. The quantitative estimate of drug-likeness (QED) is 0.701. The molecule has 0 fully saturated rings. The average molecular weight is 202 g/mol. The fourth-order valence-electron chi connectivity index (χ4n) is 1.28. The monoisotopic (exact) mass is 202 g/mol. The summed E-state index contributed by atoms with van der Waals surface area (Å²) < 4.78 is 5.27. The number of aryl methyl sites for hydroxylation is 1. The first-order chi connectivity index (χ1) is 7.16. The molecule has 2 rings (SSSR count). The molecule has 15 heavy (non-hydrogen) atoms. The van der Waals surface area contributed by atoms with Crippen molar-refractivity contribution >= 4 is 5.78 Å². The van der Waals surface area contributed by atoms with Crippen LogP contribution in [0.1, 0.15) is 23.2 Å². The molecular formula is C11H10N2O2. The Hall–Kier alpha value is -1.97. The highest BCUT2D eigenvalue weighted by atomic mass is 16.4. The minimum atomic E-state index is 0.0214. The smallest absolute Gasteiger partial charge is 0.247 e. The maximum atomic E-state index is 11.2. The van der Waals surface area contributed by atoms with Crippen LogP contribution >= 0.6 is 0 Å². The molecule has 1 aromatic carbocycles. The summed E-state index contributed by atoms with van der Waals surface area (Å²) in [4.78, 5) is 11.2. The number of aromatic nitrogens is 2. The maximum Gasteiger partial charge on any atom is 0.247 e. The molecule has 0 aliphatic carbocycles. The Kier molecular flexibility index (Phi) is 2.33. The van der Waals surface area contributed by atoms with E-state index < -0.39 is 0 Å². The van der Waals surface area contributed by atoms with E-state index in [9.17, 15) is 4.79 Å². The van der Waals surface area contributed by atoms with Crippen molar-refractivity contribution in [3.05, 3.63) is 35.7 Å². The van der Waals surface area contributed by atoms with Crippen LogP contribution in [-0.2, 0) is 0 Å². The molecule has 76 valence electrons. The molecule has 1 aromatic heterocycles. The molecule has 0 aliphatic rings. The summed E-state index contributed by atoms with van der Waals surface area (Å²) in [5, 5.41) is 7.62. The third kappa shape index (κ3) is 1.93. The Morgan fingerprint density at radius 2 is 2.13 bits per heavy atom. The standard InChI is InChI=1S/C11H10N2O2/c1-7(14)9-4-3-5-10(6-9)11-13-12-8(2)15-11/h3-6H,1-2H3. The van der Waals surface area contributed by atoms with Crippen LogP contribution in [0.2, 0.25) is 0 Å². The van der Waals surface area contributed by atoms with E-state index in [1.165, 1.54) is 6.92 Å². The molecule has 0 amide bonds. The lowest BCUT2D eigenvalue weighted by molar-refractivity contribution is 0.101. The third-order valence-corrected chi connectivity index (χ3v) is 2.04. The Balaban J connectivity index is 2.45. The van der Waals surface area contributed by atoms with Gasteiger partial charge >= 0.3 is 0 Å². The van der Waals surface area contributed by atoms with Crippen LogP contribution in [0, 0.1) is 6.92 Å². The van der Waals surface area contributed by atoms with Crippen LogP contribution in [0.15, 0.2) is 28.7 Å². The van der Waals surface area contributed by atoms with Crippen molar-refractivity contribution < 1.29 is 9.21 Å². The van der Waals surface area contributed by atoms with Gasteiger partial charge in [0.25, 0.3) is 0 Å². The Morgan fingerprint density at radius 3 is 2.73 bits per heavy atom. The van der Waals surface area contributed by atoms with Crippen molar-refractivity contribution in [1.82, 2.24) is 10.2 Å². The van der Waals surface area contributed by atoms with Gasteiger partial charge in [0, 0.05) is 18.1 Å². The summed E-state index contributed by atoms with van der Waals surface area (Å²) in [5.41, 5.74) is 1.41. The summed E-state index contributed by atoms with van der Waals surface area (Å²) in [7, 11) is 0. The minimum Gasteiger partial charge on any atom is -0.421 e. The van der Waals surface area contributed by atoms with Crippen LogP contribution in [0.5, 0.6) is 0 Å². The second-order valence-corrected chi connectivity index (χ2v) is 3.26. The van der Waals surface area contributed by atoms with Crippen LogP contribution in [0.25, 0.3) is 11.5 Å². The summed E-state index contributed by atoms with van der Waals surface area (Å²) in [6.45, 7) is 3.25. The summed E-state index contributed by atoms with van der Waals surface area (Å²) in [6, 6.07) is 7.13. The van der Waals surface area contributed by atoms with Gasteiger partial charge < -0.3 is 4.42 Å². The predicted molar refractivity (Wildman–Crippen MR) is 54.5 cm³/mol. The number of rotatable bonds is 2. The van der Waals surface area contributed by atoms with E-state index in [0.717, 1.165) is 5.56 Å². The number of nitrogens with zero attached hydrogens (tertiary/aromatic N) is 2. The molecule has 0 atom stereocenters. The lowest BCUT2D eigenvalue weighted by Gasteiger charge is -1.97. The van der Waals surface area contributed by atoms with Crippen LogP contribution < -0.4 is 0 Å². The van der Waals surface area contributed by atoms with E-state index in [-0.39, 0.29) is 5.78 Å². The van der Waals surface area contributed by atoms with Gasteiger partial charge in [-0.1, -0.05) is 12.1 Å². The topological polar surface area (TPSA) is 56.0 Å².